The molecule has 1 aromatic rings. The lowest BCUT2D eigenvalue weighted by atomic mass is 10.1. The van der Waals surface area contributed by atoms with Crippen LogP contribution in [0.4, 0.5) is 10.1 Å². The summed E-state index contributed by atoms with van der Waals surface area (Å²) in [5, 5.41) is 0. The molecular weight excluding hydrogens is 281 g/mol. The third-order valence-corrected chi connectivity index (χ3v) is 4.44. The summed E-state index contributed by atoms with van der Waals surface area (Å²) < 4.78 is 40.3. The van der Waals surface area contributed by atoms with Crippen molar-refractivity contribution in [2.45, 2.75) is 24.8 Å². The smallest absolute Gasteiger partial charge is 0.240 e. The summed E-state index contributed by atoms with van der Waals surface area (Å²) in [5.41, 5.74) is 5.23. The molecule has 0 saturated carbocycles. The predicted octanol–water partition coefficient (Wildman–Crippen LogP) is 1.27. The van der Waals surface area contributed by atoms with Gasteiger partial charge in [0.2, 0.25) is 10.0 Å². The topological polar surface area (TPSA) is 75.4 Å². The van der Waals surface area contributed by atoms with Crippen molar-refractivity contribution in [2.24, 2.45) is 5.92 Å². The molecule has 0 heterocycles. The van der Waals surface area contributed by atoms with Gasteiger partial charge >= 0.3 is 0 Å². The monoisotopic (exact) mass is 303 g/mol. The Hall–Kier alpha value is -1.18. The van der Waals surface area contributed by atoms with Gasteiger partial charge in [0.25, 0.3) is 0 Å². The summed E-state index contributed by atoms with van der Waals surface area (Å²) >= 11 is 0. The summed E-state index contributed by atoms with van der Waals surface area (Å²) in [6.45, 7) is 4.46. The van der Waals surface area contributed by atoms with E-state index in [-0.39, 0.29) is 22.5 Å². The molecule has 0 spiro atoms. The lowest BCUT2D eigenvalue weighted by molar-refractivity contribution is 0.314. The first-order valence-electron chi connectivity index (χ1n) is 6.35. The van der Waals surface area contributed by atoms with Crippen molar-refractivity contribution in [3.05, 3.63) is 24.0 Å². The second-order valence-electron chi connectivity index (χ2n) is 5.42. The van der Waals surface area contributed by atoms with Gasteiger partial charge in [-0.3, -0.25) is 0 Å². The molecule has 0 aliphatic rings. The quantitative estimate of drug-likeness (QED) is 0.776. The Balaban J connectivity index is 3.00. The van der Waals surface area contributed by atoms with Gasteiger partial charge in [-0.2, -0.15) is 0 Å². The van der Waals surface area contributed by atoms with E-state index < -0.39 is 15.8 Å². The standard InChI is InChI=1S/C13H22FN3O2S/c1-9(2)13(8-17(3)4)16-20(18,19)10-5-6-11(14)12(15)7-10/h5-7,9,13,16H,8,15H2,1-4H3. The lowest BCUT2D eigenvalue weighted by Gasteiger charge is -2.25. The van der Waals surface area contributed by atoms with Crippen molar-refractivity contribution in [3.63, 3.8) is 0 Å². The van der Waals surface area contributed by atoms with Crippen LogP contribution in [0.5, 0.6) is 0 Å². The Morgan fingerprint density at radius 3 is 2.40 bits per heavy atom. The molecule has 7 heteroatoms. The van der Waals surface area contributed by atoms with Gasteiger partial charge < -0.3 is 10.6 Å². The van der Waals surface area contributed by atoms with Crippen molar-refractivity contribution in [2.75, 3.05) is 26.4 Å². The number of rotatable bonds is 6. The van der Waals surface area contributed by atoms with Crippen LogP contribution in [0.25, 0.3) is 0 Å². The van der Waals surface area contributed by atoms with Gasteiger partial charge in [0.15, 0.2) is 0 Å². The molecule has 1 rings (SSSR count). The SMILES string of the molecule is CC(C)C(CN(C)C)NS(=O)(=O)c1ccc(F)c(N)c1. The first-order chi connectivity index (χ1) is 9.13. The fourth-order valence-electron chi connectivity index (χ4n) is 1.73. The lowest BCUT2D eigenvalue weighted by Crippen LogP contribution is -2.44. The number of hydrogen-bond acceptors (Lipinski definition) is 4. The molecule has 3 N–H and O–H groups in total. The minimum atomic E-state index is -3.71. The van der Waals surface area contributed by atoms with Crippen molar-refractivity contribution in [3.8, 4) is 0 Å². The number of halogens is 1. The molecule has 1 atom stereocenters. The van der Waals surface area contributed by atoms with Crippen LogP contribution in [0, 0.1) is 11.7 Å². The van der Waals surface area contributed by atoms with Crippen molar-refractivity contribution < 1.29 is 12.8 Å². The molecule has 114 valence electrons. The second-order valence-corrected chi connectivity index (χ2v) is 7.13. The first-order valence-corrected chi connectivity index (χ1v) is 7.84. The summed E-state index contributed by atoms with van der Waals surface area (Å²) in [5.74, 6) is -0.498. The number of hydrogen-bond donors (Lipinski definition) is 2. The number of sulfonamides is 1. The van der Waals surface area contributed by atoms with E-state index in [0.29, 0.717) is 6.54 Å². The summed E-state index contributed by atoms with van der Waals surface area (Å²) in [6.07, 6.45) is 0. The Morgan fingerprint density at radius 2 is 1.95 bits per heavy atom. The van der Waals surface area contributed by atoms with Crippen LogP contribution in [0.3, 0.4) is 0 Å². The fraction of sp³-hybridized carbons (Fsp3) is 0.538. The minimum Gasteiger partial charge on any atom is -0.396 e. The number of likely N-dealkylation sites (N-methyl/N-ethyl adjacent to an activating group) is 1. The van der Waals surface area contributed by atoms with Crippen LogP contribution in [0.2, 0.25) is 0 Å². The summed E-state index contributed by atoms with van der Waals surface area (Å²) in [7, 11) is 0.0364. The van der Waals surface area contributed by atoms with Gasteiger partial charge in [0, 0.05) is 12.6 Å². The highest BCUT2D eigenvalue weighted by molar-refractivity contribution is 7.89. The predicted molar refractivity (Wildman–Crippen MR) is 78.3 cm³/mol. The zero-order valence-electron chi connectivity index (χ0n) is 12.2. The highest BCUT2D eigenvalue weighted by Gasteiger charge is 2.23. The van der Waals surface area contributed by atoms with Crippen LogP contribution in [0.1, 0.15) is 13.8 Å². The number of nitrogens with one attached hydrogen (secondary N) is 1. The maximum absolute atomic E-state index is 13.1. The summed E-state index contributed by atoms with van der Waals surface area (Å²) in [4.78, 5) is 1.88. The Kier molecular flexibility index (Phi) is 5.50. The first kappa shape index (κ1) is 16.9. The molecule has 0 saturated heterocycles. The number of nitrogens with zero attached hydrogens (tertiary/aromatic N) is 1. The molecule has 0 aliphatic carbocycles. The molecule has 0 radical (unpaired) electrons. The third-order valence-electron chi connectivity index (χ3n) is 2.95. The summed E-state index contributed by atoms with van der Waals surface area (Å²) in [6, 6.07) is 3.16. The average molecular weight is 303 g/mol. The molecule has 20 heavy (non-hydrogen) atoms. The highest BCUT2D eigenvalue weighted by atomic mass is 32.2. The van der Waals surface area contributed by atoms with E-state index in [1.165, 1.54) is 6.07 Å². The van der Waals surface area contributed by atoms with Crippen LogP contribution in [-0.4, -0.2) is 40.0 Å². The molecule has 0 amide bonds. The molecule has 5 nitrogen and oxygen atoms in total. The Bertz CT molecular complexity index is 559. The Labute approximate surface area is 120 Å². The van der Waals surface area contributed by atoms with E-state index in [1.807, 2.05) is 32.8 Å². The van der Waals surface area contributed by atoms with Crippen LogP contribution in [0.15, 0.2) is 23.1 Å². The van der Waals surface area contributed by atoms with Gasteiger partial charge in [-0.25, -0.2) is 17.5 Å². The maximum atomic E-state index is 13.1. The van der Waals surface area contributed by atoms with Gasteiger partial charge in [-0.05, 0) is 38.2 Å². The molecular formula is C13H22FN3O2S. The van der Waals surface area contributed by atoms with Crippen LogP contribution >= 0.6 is 0 Å². The van der Waals surface area contributed by atoms with Gasteiger partial charge in [0.05, 0.1) is 10.6 Å². The van der Waals surface area contributed by atoms with E-state index in [4.69, 9.17) is 5.73 Å². The average Bonchev–Trinajstić information content (AvgIpc) is 2.30. The molecule has 0 bridgehead atoms. The van der Waals surface area contributed by atoms with E-state index in [9.17, 15) is 12.8 Å². The molecule has 1 unspecified atom stereocenters. The van der Waals surface area contributed by atoms with E-state index in [2.05, 4.69) is 4.72 Å². The van der Waals surface area contributed by atoms with Crippen molar-refractivity contribution in [1.29, 1.82) is 0 Å². The van der Waals surface area contributed by atoms with Gasteiger partial charge in [-0.1, -0.05) is 13.8 Å². The number of nitrogens with two attached hydrogens (primary N) is 1. The van der Waals surface area contributed by atoms with Gasteiger partial charge in [-0.15, -0.1) is 0 Å². The van der Waals surface area contributed by atoms with E-state index >= 15 is 0 Å². The largest absolute Gasteiger partial charge is 0.396 e. The van der Waals surface area contributed by atoms with Crippen molar-refractivity contribution in [1.82, 2.24) is 9.62 Å². The Morgan fingerprint density at radius 1 is 1.35 bits per heavy atom. The number of anilines is 1. The normalized spacial score (nSPS) is 13.9. The fourth-order valence-corrected chi connectivity index (χ4v) is 3.14. The number of nitrogen functional groups attached to an aromatic ring is 1. The molecule has 0 fully saturated rings. The van der Waals surface area contributed by atoms with Crippen LogP contribution in [-0.2, 0) is 10.0 Å². The highest BCUT2D eigenvalue weighted by Crippen LogP contribution is 2.17. The zero-order chi connectivity index (χ0) is 15.5. The van der Waals surface area contributed by atoms with Crippen LogP contribution < -0.4 is 10.5 Å². The van der Waals surface area contributed by atoms with E-state index in [0.717, 1.165) is 12.1 Å². The zero-order valence-corrected chi connectivity index (χ0v) is 13.0. The maximum Gasteiger partial charge on any atom is 0.240 e. The van der Waals surface area contributed by atoms with E-state index in [1.54, 1.807) is 0 Å². The molecule has 1 aromatic carbocycles. The molecule has 0 aliphatic heterocycles. The second kappa shape index (κ2) is 6.51. The number of benzene rings is 1. The minimum absolute atomic E-state index is 0.0270. The van der Waals surface area contributed by atoms with Gasteiger partial charge in [0.1, 0.15) is 5.82 Å². The van der Waals surface area contributed by atoms with Crippen molar-refractivity contribution >= 4 is 15.7 Å². The third kappa shape index (κ3) is 4.43. The molecule has 0 aromatic heterocycles.